The average Bonchev–Trinajstić information content (AvgIpc) is 2.37. The summed E-state index contributed by atoms with van der Waals surface area (Å²) in [7, 11) is -3.73. The van der Waals surface area contributed by atoms with Gasteiger partial charge in [-0.05, 0) is 6.07 Å². The van der Waals surface area contributed by atoms with Gasteiger partial charge >= 0.3 is 0 Å². The number of nitrogens with zero attached hydrogens (tertiary/aromatic N) is 1. The van der Waals surface area contributed by atoms with Crippen molar-refractivity contribution in [3.63, 3.8) is 0 Å². The molecule has 2 heterocycles. The number of rotatable bonds is 0. The Morgan fingerprint density at radius 1 is 1.58 bits per heavy atom. The van der Waals surface area contributed by atoms with Crippen LogP contribution >= 0.6 is 22.9 Å². The van der Waals surface area contributed by atoms with Crippen LogP contribution in [0.3, 0.4) is 0 Å². The van der Waals surface area contributed by atoms with Crippen molar-refractivity contribution in [2.75, 3.05) is 0 Å². The molecule has 0 fully saturated rings. The van der Waals surface area contributed by atoms with Crippen LogP contribution in [0.25, 0.3) is 0 Å². The highest BCUT2D eigenvalue weighted by atomic mass is 35.5. The monoisotopic (exact) mass is 222 g/mol. The van der Waals surface area contributed by atoms with E-state index in [0.29, 0.717) is 0 Å². The van der Waals surface area contributed by atoms with E-state index in [4.69, 9.17) is 11.6 Å². The fourth-order valence-electron chi connectivity index (χ4n) is 0.886. The molecular weight excluding hydrogens is 222 g/mol. The third kappa shape index (κ3) is 0.954. The second-order valence-electron chi connectivity index (χ2n) is 2.12. The predicted molar refractivity (Wildman–Crippen MR) is 43.1 cm³/mol. The van der Waals surface area contributed by atoms with Gasteiger partial charge in [0.1, 0.15) is 4.90 Å². The van der Waals surface area contributed by atoms with Crippen molar-refractivity contribution < 1.29 is 13.5 Å². The maximum Gasteiger partial charge on any atom is 0.283 e. The summed E-state index contributed by atoms with van der Waals surface area (Å²) in [4.78, 5) is 0.0440. The highest BCUT2D eigenvalue weighted by Gasteiger charge is 2.26. The van der Waals surface area contributed by atoms with Crippen molar-refractivity contribution in [1.82, 2.24) is 0 Å². The normalized spacial score (nSPS) is 18.9. The van der Waals surface area contributed by atoms with Crippen LogP contribution in [0.5, 0.6) is 0 Å². The van der Waals surface area contributed by atoms with Gasteiger partial charge < -0.3 is 5.11 Å². The van der Waals surface area contributed by atoms with Gasteiger partial charge in [0, 0.05) is 5.90 Å². The third-order valence-corrected chi connectivity index (χ3v) is 4.01. The highest BCUT2D eigenvalue weighted by molar-refractivity contribution is 7.91. The summed E-state index contributed by atoms with van der Waals surface area (Å²) in [6.07, 6.45) is 0. The minimum Gasteiger partial charge on any atom is -0.857 e. The summed E-state index contributed by atoms with van der Waals surface area (Å²) in [6, 6.07) is 1.24. The zero-order valence-corrected chi connectivity index (χ0v) is 7.83. The number of hydrogen-bond acceptors (Lipinski definition) is 4. The molecule has 4 nitrogen and oxygen atoms in total. The lowest BCUT2D eigenvalue weighted by atomic mass is 10.5. The summed E-state index contributed by atoms with van der Waals surface area (Å²) in [5.74, 6) is -0.720. The molecule has 0 unspecified atom stereocenters. The van der Waals surface area contributed by atoms with E-state index >= 15 is 0 Å². The van der Waals surface area contributed by atoms with E-state index in [-0.39, 0.29) is 14.1 Å². The van der Waals surface area contributed by atoms with Crippen LogP contribution < -0.4 is 5.11 Å². The van der Waals surface area contributed by atoms with Gasteiger partial charge in [0.05, 0.1) is 9.21 Å². The molecule has 1 aromatic rings. The molecular formula is C5HClNO3S2-. The standard InChI is InChI=1S/C5H2ClNO3S2/c6-3-1-2-4(11-3)5(8)7-12(2,9)10/h1H,(H,7,8)/p-1. The molecule has 0 atom stereocenters. The van der Waals surface area contributed by atoms with E-state index < -0.39 is 15.9 Å². The number of hydrogen-bond donors (Lipinski definition) is 0. The first-order valence-corrected chi connectivity index (χ1v) is 5.46. The fourth-order valence-corrected chi connectivity index (χ4v) is 3.53. The Morgan fingerprint density at radius 3 is 2.83 bits per heavy atom. The lowest BCUT2D eigenvalue weighted by molar-refractivity contribution is -0.211. The van der Waals surface area contributed by atoms with E-state index in [1.54, 1.807) is 0 Å². The molecule has 0 N–H and O–H groups in total. The molecule has 64 valence electrons. The molecule has 1 aliphatic rings. The predicted octanol–water partition coefficient (Wildman–Crippen LogP) is 0.211. The average molecular weight is 223 g/mol. The quantitative estimate of drug-likeness (QED) is 0.630. The van der Waals surface area contributed by atoms with Crippen LogP contribution in [0.2, 0.25) is 4.34 Å². The number of thiophene rings is 1. The van der Waals surface area contributed by atoms with E-state index in [9.17, 15) is 13.5 Å². The SMILES string of the molecule is O=S1(=O)N=C([O-])c2sc(Cl)cc21. The first-order valence-electron chi connectivity index (χ1n) is 2.82. The smallest absolute Gasteiger partial charge is 0.283 e. The van der Waals surface area contributed by atoms with Gasteiger partial charge in [-0.25, -0.2) is 0 Å². The van der Waals surface area contributed by atoms with E-state index in [0.717, 1.165) is 11.3 Å². The van der Waals surface area contributed by atoms with Crippen LogP contribution in [0.4, 0.5) is 0 Å². The van der Waals surface area contributed by atoms with Crippen molar-refractivity contribution in [3.8, 4) is 0 Å². The molecule has 0 saturated heterocycles. The van der Waals surface area contributed by atoms with Gasteiger partial charge in [-0.3, -0.25) is 0 Å². The Kier molecular flexibility index (Phi) is 1.48. The molecule has 0 amide bonds. The molecule has 1 aliphatic heterocycles. The minimum atomic E-state index is -3.73. The minimum absolute atomic E-state index is 0.0671. The van der Waals surface area contributed by atoms with E-state index in [1.807, 2.05) is 0 Å². The van der Waals surface area contributed by atoms with Gasteiger partial charge in [0.25, 0.3) is 10.0 Å². The Balaban J connectivity index is 2.84. The molecule has 0 aliphatic carbocycles. The molecule has 2 rings (SSSR count). The zero-order chi connectivity index (χ0) is 8.93. The van der Waals surface area contributed by atoms with E-state index in [2.05, 4.69) is 4.40 Å². The molecule has 0 bridgehead atoms. The first-order chi connectivity index (χ1) is 5.50. The Bertz CT molecular complexity index is 473. The van der Waals surface area contributed by atoms with Gasteiger partial charge in [0.15, 0.2) is 0 Å². The lowest BCUT2D eigenvalue weighted by Crippen LogP contribution is -2.14. The number of halogens is 1. The number of fused-ring (bicyclic) bond motifs is 1. The summed E-state index contributed by atoms with van der Waals surface area (Å²) < 4.78 is 25.3. The van der Waals surface area contributed by atoms with Crippen LogP contribution in [-0.2, 0) is 10.0 Å². The second-order valence-corrected chi connectivity index (χ2v) is 5.37. The Morgan fingerprint density at radius 2 is 2.25 bits per heavy atom. The molecule has 0 spiro atoms. The second kappa shape index (κ2) is 2.21. The fraction of sp³-hybridized carbons (Fsp3) is 0. The maximum atomic E-state index is 11.0. The van der Waals surface area contributed by atoms with Crippen molar-refractivity contribution in [2.45, 2.75) is 4.90 Å². The van der Waals surface area contributed by atoms with Gasteiger partial charge in [-0.2, -0.15) is 12.8 Å². The molecule has 0 saturated carbocycles. The summed E-state index contributed by atoms with van der Waals surface area (Å²) >= 11 is 6.46. The van der Waals surface area contributed by atoms with Crippen molar-refractivity contribution in [3.05, 3.63) is 15.3 Å². The molecule has 0 radical (unpaired) electrons. The van der Waals surface area contributed by atoms with Gasteiger partial charge in [-0.15, -0.1) is 11.3 Å². The van der Waals surface area contributed by atoms with Crippen molar-refractivity contribution >= 4 is 38.9 Å². The van der Waals surface area contributed by atoms with E-state index in [1.165, 1.54) is 6.07 Å². The van der Waals surface area contributed by atoms with Crippen LogP contribution in [0, 0.1) is 0 Å². The highest BCUT2D eigenvalue weighted by Crippen LogP contribution is 2.34. The Hall–Kier alpha value is -0.590. The summed E-state index contributed by atoms with van der Waals surface area (Å²) in [5, 5.41) is 10.9. The van der Waals surface area contributed by atoms with Gasteiger partial charge in [0.2, 0.25) is 0 Å². The summed E-state index contributed by atoms with van der Waals surface area (Å²) in [5.41, 5.74) is 0. The zero-order valence-electron chi connectivity index (χ0n) is 5.44. The number of sulfonamides is 1. The lowest BCUT2D eigenvalue weighted by Gasteiger charge is -1.97. The Labute approximate surface area is 77.2 Å². The topological polar surface area (TPSA) is 69.6 Å². The van der Waals surface area contributed by atoms with Crippen molar-refractivity contribution in [2.24, 2.45) is 4.40 Å². The molecule has 7 heteroatoms. The molecule has 0 aromatic carbocycles. The van der Waals surface area contributed by atoms with Gasteiger partial charge in [-0.1, -0.05) is 11.6 Å². The third-order valence-electron chi connectivity index (χ3n) is 1.34. The first kappa shape index (κ1) is 8.03. The molecule has 12 heavy (non-hydrogen) atoms. The van der Waals surface area contributed by atoms with Crippen LogP contribution in [0.1, 0.15) is 4.88 Å². The molecule has 1 aromatic heterocycles. The maximum absolute atomic E-state index is 11.0. The van der Waals surface area contributed by atoms with Crippen LogP contribution in [0.15, 0.2) is 15.4 Å². The summed E-state index contributed by atoms with van der Waals surface area (Å²) in [6.45, 7) is 0. The largest absolute Gasteiger partial charge is 0.857 e. The van der Waals surface area contributed by atoms with Crippen LogP contribution in [-0.4, -0.2) is 14.3 Å². The van der Waals surface area contributed by atoms with Crippen molar-refractivity contribution in [1.29, 1.82) is 0 Å².